The Labute approximate surface area is 112 Å². The molecular formula is C11H21N5O3. The largest absolute Gasteiger partial charge is 0.438 e. The number of amides is 1. The van der Waals surface area contributed by atoms with E-state index in [0.29, 0.717) is 25.9 Å². The smallest absolute Gasteiger partial charge is 0.410 e. The summed E-state index contributed by atoms with van der Waals surface area (Å²) in [5.41, 5.74) is 13.1. The number of aliphatic hydroxyl groups is 1. The number of hydrogen-bond donors (Lipinski definition) is 2. The van der Waals surface area contributed by atoms with Crippen LogP contribution in [0.25, 0.3) is 10.4 Å². The lowest BCUT2D eigenvalue weighted by Gasteiger charge is -2.33. The van der Waals surface area contributed by atoms with Crippen LogP contribution in [0.2, 0.25) is 0 Å². The molecule has 3 N–H and O–H groups in total. The number of aliphatic hydroxyl groups excluding tert-OH is 1. The molecule has 1 heterocycles. The molecule has 19 heavy (non-hydrogen) atoms. The van der Waals surface area contributed by atoms with Crippen molar-refractivity contribution in [3.05, 3.63) is 10.4 Å². The number of rotatable bonds is 7. The maximum absolute atomic E-state index is 11.8. The lowest BCUT2D eigenvalue weighted by molar-refractivity contribution is -0.00460. The molecule has 8 nitrogen and oxygen atoms in total. The minimum absolute atomic E-state index is 0.264. The van der Waals surface area contributed by atoms with E-state index in [1.165, 1.54) is 0 Å². The second kappa shape index (κ2) is 6.60. The zero-order chi connectivity index (χ0) is 14.5. The number of cyclic esters (lactones) is 1. The Bertz CT molecular complexity index is 369. The molecule has 0 radical (unpaired) electrons. The van der Waals surface area contributed by atoms with Gasteiger partial charge in [0.2, 0.25) is 0 Å². The Morgan fingerprint density at radius 2 is 2.37 bits per heavy atom. The highest BCUT2D eigenvalue weighted by atomic mass is 16.6. The Balaban J connectivity index is 2.64. The van der Waals surface area contributed by atoms with Crippen LogP contribution in [0.5, 0.6) is 0 Å². The normalized spacial score (nSPS) is 27.9. The van der Waals surface area contributed by atoms with Crippen LogP contribution < -0.4 is 5.73 Å². The Morgan fingerprint density at radius 1 is 1.68 bits per heavy atom. The van der Waals surface area contributed by atoms with Gasteiger partial charge in [-0.1, -0.05) is 5.11 Å². The fourth-order valence-corrected chi connectivity index (χ4v) is 2.47. The topological polar surface area (TPSA) is 125 Å². The van der Waals surface area contributed by atoms with Crippen molar-refractivity contribution in [1.29, 1.82) is 0 Å². The first-order valence-corrected chi connectivity index (χ1v) is 6.33. The fourth-order valence-electron chi connectivity index (χ4n) is 2.47. The third-order valence-corrected chi connectivity index (χ3v) is 3.30. The number of carbonyl (C=O) groups is 1. The van der Waals surface area contributed by atoms with Crippen LogP contribution in [0.4, 0.5) is 4.79 Å². The highest BCUT2D eigenvalue weighted by molar-refractivity contribution is 5.71. The van der Waals surface area contributed by atoms with Crippen molar-refractivity contribution in [2.24, 2.45) is 10.8 Å². The van der Waals surface area contributed by atoms with Gasteiger partial charge in [-0.2, -0.15) is 0 Å². The van der Waals surface area contributed by atoms with Crippen LogP contribution in [-0.2, 0) is 4.74 Å². The highest BCUT2D eigenvalue weighted by Gasteiger charge is 2.51. The standard InChI is InChI=1S/C11H21N5O3/c1-8(12)9-11(2,7-17)19-10(18)16(9)6-4-3-5-14-15-13/h8-9,17H,3-7,12H2,1-2H3/t8-,9-,11-/m1/s1. The summed E-state index contributed by atoms with van der Waals surface area (Å²) in [5.74, 6) is 0. The molecule has 1 rings (SSSR count). The predicted molar refractivity (Wildman–Crippen MR) is 69.4 cm³/mol. The van der Waals surface area contributed by atoms with Crippen LogP contribution in [0.15, 0.2) is 5.11 Å². The Kier molecular flexibility index (Phi) is 5.41. The highest BCUT2D eigenvalue weighted by Crippen LogP contribution is 2.31. The molecule has 0 aliphatic carbocycles. The first kappa shape index (κ1) is 15.6. The van der Waals surface area contributed by atoms with Crippen molar-refractivity contribution in [2.75, 3.05) is 19.7 Å². The third kappa shape index (κ3) is 3.50. The van der Waals surface area contributed by atoms with Crippen molar-refractivity contribution in [2.45, 2.75) is 44.4 Å². The van der Waals surface area contributed by atoms with Gasteiger partial charge < -0.3 is 15.6 Å². The van der Waals surface area contributed by atoms with Gasteiger partial charge in [-0.15, -0.1) is 0 Å². The second-order valence-electron chi connectivity index (χ2n) is 5.00. The average Bonchev–Trinajstić information content (AvgIpc) is 2.61. The maximum atomic E-state index is 11.8. The quantitative estimate of drug-likeness (QED) is 0.310. The SMILES string of the molecule is C[C@@H](N)[C@H]1N(CCCCN=[N+]=[N-])C(=O)O[C@]1(C)CO. The molecule has 0 unspecified atom stereocenters. The lowest BCUT2D eigenvalue weighted by atomic mass is 9.92. The average molecular weight is 271 g/mol. The minimum Gasteiger partial charge on any atom is -0.438 e. The molecule has 8 heteroatoms. The van der Waals surface area contributed by atoms with Crippen molar-refractivity contribution in [1.82, 2.24) is 4.90 Å². The van der Waals surface area contributed by atoms with Gasteiger partial charge in [0.05, 0.1) is 12.6 Å². The molecule has 1 fully saturated rings. The summed E-state index contributed by atoms with van der Waals surface area (Å²) >= 11 is 0. The summed E-state index contributed by atoms with van der Waals surface area (Å²) in [5, 5.41) is 12.8. The molecular weight excluding hydrogens is 250 g/mol. The van der Waals surface area contributed by atoms with Gasteiger partial charge in [0, 0.05) is 24.0 Å². The molecule has 0 aromatic carbocycles. The van der Waals surface area contributed by atoms with E-state index in [1.807, 2.05) is 0 Å². The number of hydrogen-bond acceptors (Lipinski definition) is 5. The van der Waals surface area contributed by atoms with E-state index in [4.69, 9.17) is 16.0 Å². The summed E-state index contributed by atoms with van der Waals surface area (Å²) in [6, 6.07) is -0.662. The van der Waals surface area contributed by atoms with Crippen LogP contribution in [0.1, 0.15) is 26.7 Å². The van der Waals surface area contributed by atoms with Crippen LogP contribution in [0, 0.1) is 0 Å². The molecule has 0 aromatic rings. The summed E-state index contributed by atoms with van der Waals surface area (Å²) in [6.07, 6.45) is 0.927. The number of nitrogens with two attached hydrogens (primary N) is 1. The zero-order valence-electron chi connectivity index (χ0n) is 11.3. The molecule has 0 aromatic heterocycles. The summed E-state index contributed by atoms with van der Waals surface area (Å²) in [6.45, 7) is 4.08. The molecule has 1 saturated heterocycles. The number of azide groups is 1. The van der Waals surface area contributed by atoms with E-state index in [0.717, 1.165) is 0 Å². The summed E-state index contributed by atoms with van der Waals surface area (Å²) in [7, 11) is 0. The number of nitrogens with zero attached hydrogens (tertiary/aromatic N) is 4. The maximum Gasteiger partial charge on any atom is 0.410 e. The zero-order valence-corrected chi connectivity index (χ0v) is 11.3. The monoisotopic (exact) mass is 271 g/mol. The second-order valence-corrected chi connectivity index (χ2v) is 5.00. The molecule has 1 amide bonds. The van der Waals surface area contributed by atoms with Crippen molar-refractivity contribution < 1.29 is 14.6 Å². The summed E-state index contributed by atoms with van der Waals surface area (Å²) in [4.78, 5) is 16.1. The van der Waals surface area contributed by atoms with Crippen LogP contribution >= 0.6 is 0 Å². The number of ether oxygens (including phenoxy) is 1. The van der Waals surface area contributed by atoms with Crippen LogP contribution in [0.3, 0.4) is 0 Å². The third-order valence-electron chi connectivity index (χ3n) is 3.30. The molecule has 108 valence electrons. The van der Waals surface area contributed by atoms with E-state index >= 15 is 0 Å². The first-order valence-electron chi connectivity index (χ1n) is 6.33. The van der Waals surface area contributed by atoms with Gasteiger partial charge in [-0.05, 0) is 32.2 Å². The van der Waals surface area contributed by atoms with Gasteiger partial charge in [0.25, 0.3) is 0 Å². The molecule has 0 bridgehead atoms. The van der Waals surface area contributed by atoms with Crippen molar-refractivity contribution in [3.63, 3.8) is 0 Å². The summed E-state index contributed by atoms with van der Waals surface area (Å²) < 4.78 is 5.24. The lowest BCUT2D eigenvalue weighted by Crippen LogP contribution is -2.55. The van der Waals surface area contributed by atoms with Crippen LogP contribution in [-0.4, -0.2) is 53.5 Å². The van der Waals surface area contributed by atoms with Gasteiger partial charge >= 0.3 is 6.09 Å². The number of unbranched alkanes of at least 4 members (excludes halogenated alkanes) is 1. The fraction of sp³-hybridized carbons (Fsp3) is 0.909. The Morgan fingerprint density at radius 3 is 2.89 bits per heavy atom. The number of carbonyl (C=O) groups excluding carboxylic acids is 1. The van der Waals surface area contributed by atoms with E-state index in [9.17, 15) is 9.90 Å². The minimum atomic E-state index is -0.962. The molecule has 0 saturated carbocycles. The van der Waals surface area contributed by atoms with E-state index in [-0.39, 0.29) is 18.7 Å². The van der Waals surface area contributed by atoms with Gasteiger partial charge in [0.15, 0.2) is 5.60 Å². The first-order chi connectivity index (χ1) is 8.96. The van der Waals surface area contributed by atoms with E-state index in [1.54, 1.807) is 18.7 Å². The predicted octanol–water partition coefficient (Wildman–Crippen LogP) is 0.996. The van der Waals surface area contributed by atoms with Gasteiger partial charge in [-0.25, -0.2) is 4.79 Å². The van der Waals surface area contributed by atoms with E-state index < -0.39 is 11.7 Å². The van der Waals surface area contributed by atoms with Gasteiger partial charge in [0.1, 0.15) is 0 Å². The molecule has 1 aliphatic rings. The molecule has 1 aliphatic heterocycles. The van der Waals surface area contributed by atoms with Crippen molar-refractivity contribution >= 4 is 6.09 Å². The molecule has 3 atom stereocenters. The van der Waals surface area contributed by atoms with E-state index in [2.05, 4.69) is 10.0 Å². The van der Waals surface area contributed by atoms with Gasteiger partial charge in [-0.3, -0.25) is 4.90 Å². The van der Waals surface area contributed by atoms with Crippen molar-refractivity contribution in [3.8, 4) is 0 Å². The Hall–Kier alpha value is -1.50. The molecule has 0 spiro atoms.